The van der Waals surface area contributed by atoms with Crippen LogP contribution in [-0.2, 0) is 16.6 Å². The highest BCUT2D eigenvalue weighted by Gasteiger charge is 2.45. The smallest absolute Gasteiger partial charge is 0.223 e. The molecule has 2 aliphatic rings. The van der Waals surface area contributed by atoms with Gasteiger partial charge < -0.3 is 14.8 Å². The molecule has 1 aromatic rings. The van der Waals surface area contributed by atoms with Crippen LogP contribution in [0.2, 0.25) is 0 Å². The molecule has 3 atom stereocenters. The zero-order chi connectivity index (χ0) is 18.0. The molecule has 1 aromatic heterocycles. The number of nitrogens with one attached hydrogen (secondary N) is 1. The van der Waals surface area contributed by atoms with Crippen molar-refractivity contribution in [2.24, 2.45) is 13.0 Å². The number of carbonyl (C=O) groups excluding carboxylic acids is 2. The molecular formula is C19H30N4O2. The van der Waals surface area contributed by atoms with Gasteiger partial charge in [-0.25, -0.2) is 4.98 Å². The highest BCUT2D eigenvalue weighted by Crippen LogP contribution is 2.40. The lowest BCUT2D eigenvalue weighted by Crippen LogP contribution is -2.53. The first-order valence-corrected chi connectivity index (χ1v) is 9.58. The molecule has 1 saturated carbocycles. The molecule has 6 heteroatoms. The quantitative estimate of drug-likeness (QED) is 0.825. The van der Waals surface area contributed by atoms with E-state index in [2.05, 4.69) is 24.1 Å². The third kappa shape index (κ3) is 4.05. The van der Waals surface area contributed by atoms with Crippen LogP contribution in [0.25, 0.3) is 0 Å². The third-order valence-electron chi connectivity index (χ3n) is 5.64. The number of hydrogen-bond acceptors (Lipinski definition) is 3. The maximum Gasteiger partial charge on any atom is 0.223 e. The Morgan fingerprint density at radius 2 is 2.16 bits per heavy atom. The molecule has 0 radical (unpaired) electrons. The molecule has 3 rings (SSSR count). The summed E-state index contributed by atoms with van der Waals surface area (Å²) in [5.41, 5.74) is 1.01. The van der Waals surface area contributed by atoms with Crippen LogP contribution in [0.5, 0.6) is 0 Å². The van der Waals surface area contributed by atoms with Crippen molar-refractivity contribution in [3.05, 3.63) is 18.2 Å². The first kappa shape index (κ1) is 18.0. The molecule has 0 spiro atoms. The summed E-state index contributed by atoms with van der Waals surface area (Å²) in [5.74, 6) is 0.871. The summed E-state index contributed by atoms with van der Waals surface area (Å²) in [6, 6.07) is 0.194. The lowest BCUT2D eigenvalue weighted by Gasteiger charge is -2.41. The van der Waals surface area contributed by atoms with Crippen LogP contribution in [0.15, 0.2) is 12.5 Å². The first-order chi connectivity index (χ1) is 12.0. The minimum atomic E-state index is -0.103. The highest BCUT2D eigenvalue weighted by molar-refractivity contribution is 5.80. The van der Waals surface area contributed by atoms with Gasteiger partial charge in [-0.3, -0.25) is 9.59 Å². The molecule has 1 unspecified atom stereocenters. The fourth-order valence-electron chi connectivity index (χ4n) is 3.71. The average molecular weight is 346 g/mol. The molecule has 2 amide bonds. The number of aryl methyl sites for hydroxylation is 1. The van der Waals surface area contributed by atoms with Gasteiger partial charge in [-0.15, -0.1) is 0 Å². The van der Waals surface area contributed by atoms with Gasteiger partial charge in [0, 0.05) is 25.9 Å². The summed E-state index contributed by atoms with van der Waals surface area (Å²) in [6.45, 7) is 4.33. The Kier molecular flexibility index (Phi) is 5.45. The zero-order valence-electron chi connectivity index (χ0n) is 15.6. The number of piperidine rings is 1. The molecule has 1 N–H and O–H groups in total. The zero-order valence-corrected chi connectivity index (χ0v) is 15.6. The maximum atomic E-state index is 12.6. The van der Waals surface area contributed by atoms with Crippen molar-refractivity contribution in [3.63, 3.8) is 0 Å². The van der Waals surface area contributed by atoms with Gasteiger partial charge in [0.05, 0.1) is 30.3 Å². The van der Waals surface area contributed by atoms with Crippen molar-refractivity contribution in [2.75, 3.05) is 0 Å². The average Bonchev–Trinajstić information content (AvgIpc) is 3.35. The molecule has 0 bridgehead atoms. The largest absolute Gasteiger partial charge is 0.351 e. The Bertz CT molecular complexity index is 623. The standard InChI is InChI=1S/C19H30N4O2/c1-4-13(2)5-9-17(24)21-15-8-10-18(25)23(14-6-7-14)19(15)16-11-20-12-22(16)3/h11-15,19H,4-10H2,1-3H3,(H,21,24)/t13?,15-,19-/m1/s1. The highest BCUT2D eigenvalue weighted by atomic mass is 16.2. The van der Waals surface area contributed by atoms with Crippen LogP contribution in [0.3, 0.4) is 0 Å². The van der Waals surface area contributed by atoms with E-state index in [0.29, 0.717) is 31.2 Å². The Balaban J connectivity index is 1.75. The number of imidazole rings is 1. The Labute approximate surface area is 150 Å². The third-order valence-corrected chi connectivity index (χ3v) is 5.64. The molecule has 25 heavy (non-hydrogen) atoms. The van der Waals surface area contributed by atoms with E-state index in [9.17, 15) is 9.59 Å². The van der Waals surface area contributed by atoms with Crippen LogP contribution >= 0.6 is 0 Å². The maximum absolute atomic E-state index is 12.6. The van der Waals surface area contributed by atoms with Gasteiger partial charge in [0.1, 0.15) is 0 Å². The minimum Gasteiger partial charge on any atom is -0.351 e. The minimum absolute atomic E-state index is 0.0295. The van der Waals surface area contributed by atoms with E-state index in [0.717, 1.165) is 31.4 Å². The van der Waals surface area contributed by atoms with Gasteiger partial charge in [0.15, 0.2) is 0 Å². The van der Waals surface area contributed by atoms with Crippen molar-refractivity contribution >= 4 is 11.8 Å². The molecular weight excluding hydrogens is 316 g/mol. The van der Waals surface area contributed by atoms with Gasteiger partial charge in [0.25, 0.3) is 0 Å². The lowest BCUT2D eigenvalue weighted by molar-refractivity contribution is -0.140. The summed E-state index contributed by atoms with van der Waals surface area (Å²) < 4.78 is 1.97. The number of carbonyl (C=O) groups is 2. The van der Waals surface area contributed by atoms with E-state index in [1.54, 1.807) is 6.33 Å². The predicted molar refractivity (Wildman–Crippen MR) is 95.7 cm³/mol. The lowest BCUT2D eigenvalue weighted by atomic mass is 9.92. The van der Waals surface area contributed by atoms with Crippen LogP contribution in [0.1, 0.15) is 70.5 Å². The second-order valence-electron chi connectivity index (χ2n) is 7.67. The monoisotopic (exact) mass is 346 g/mol. The fraction of sp³-hybridized carbons (Fsp3) is 0.737. The number of hydrogen-bond donors (Lipinski definition) is 1. The summed E-state index contributed by atoms with van der Waals surface area (Å²) >= 11 is 0. The topological polar surface area (TPSA) is 67.2 Å². The van der Waals surface area contributed by atoms with Crippen LogP contribution < -0.4 is 5.32 Å². The van der Waals surface area contributed by atoms with Crippen LogP contribution in [-0.4, -0.2) is 38.3 Å². The van der Waals surface area contributed by atoms with Gasteiger partial charge in [-0.2, -0.15) is 0 Å². The van der Waals surface area contributed by atoms with Crippen molar-refractivity contribution in [1.29, 1.82) is 0 Å². The number of likely N-dealkylation sites (tertiary alicyclic amines) is 1. The van der Waals surface area contributed by atoms with Gasteiger partial charge in [0.2, 0.25) is 11.8 Å². The number of amides is 2. The molecule has 6 nitrogen and oxygen atoms in total. The summed E-state index contributed by atoms with van der Waals surface area (Å²) in [6.07, 6.45) is 9.51. The molecule has 1 aliphatic carbocycles. The summed E-state index contributed by atoms with van der Waals surface area (Å²) in [7, 11) is 1.95. The van der Waals surface area contributed by atoms with Crippen LogP contribution in [0, 0.1) is 5.92 Å². The van der Waals surface area contributed by atoms with Crippen LogP contribution in [0.4, 0.5) is 0 Å². The summed E-state index contributed by atoms with van der Waals surface area (Å²) in [5, 5.41) is 3.22. The molecule has 138 valence electrons. The number of aromatic nitrogens is 2. The number of nitrogens with zero attached hydrogens (tertiary/aromatic N) is 3. The Hall–Kier alpha value is -1.85. The predicted octanol–water partition coefficient (Wildman–Crippen LogP) is 2.56. The SMILES string of the molecule is CCC(C)CCC(=O)N[C@@H]1CCC(=O)N(C2CC2)[C@H]1c1cncn1C. The second-order valence-corrected chi connectivity index (χ2v) is 7.67. The van der Waals surface area contributed by atoms with E-state index in [4.69, 9.17) is 0 Å². The molecule has 2 fully saturated rings. The summed E-state index contributed by atoms with van der Waals surface area (Å²) in [4.78, 5) is 31.3. The first-order valence-electron chi connectivity index (χ1n) is 9.58. The van der Waals surface area contributed by atoms with E-state index >= 15 is 0 Å². The van der Waals surface area contributed by atoms with Crippen molar-refractivity contribution < 1.29 is 9.59 Å². The van der Waals surface area contributed by atoms with Crippen molar-refractivity contribution in [2.45, 2.75) is 76.9 Å². The number of rotatable bonds is 7. The van der Waals surface area contributed by atoms with Gasteiger partial charge in [-0.1, -0.05) is 20.3 Å². The molecule has 1 aliphatic heterocycles. The Morgan fingerprint density at radius 1 is 1.40 bits per heavy atom. The molecule has 2 heterocycles. The second kappa shape index (κ2) is 7.58. The van der Waals surface area contributed by atoms with Crippen molar-refractivity contribution in [1.82, 2.24) is 19.8 Å². The van der Waals surface area contributed by atoms with Gasteiger partial charge in [-0.05, 0) is 31.6 Å². The van der Waals surface area contributed by atoms with E-state index in [1.165, 1.54) is 0 Å². The van der Waals surface area contributed by atoms with E-state index in [1.807, 2.05) is 22.7 Å². The van der Waals surface area contributed by atoms with Crippen molar-refractivity contribution in [3.8, 4) is 0 Å². The van der Waals surface area contributed by atoms with E-state index < -0.39 is 0 Å². The fourth-order valence-corrected chi connectivity index (χ4v) is 3.71. The molecule has 0 aromatic carbocycles. The molecule has 1 saturated heterocycles. The van der Waals surface area contributed by atoms with E-state index in [-0.39, 0.29) is 23.9 Å². The van der Waals surface area contributed by atoms with Gasteiger partial charge >= 0.3 is 0 Å². The Morgan fingerprint density at radius 3 is 2.76 bits per heavy atom. The normalized spacial score (nSPS) is 25.1.